The van der Waals surface area contributed by atoms with Crippen LogP contribution in [0.2, 0.25) is 0 Å². The molecule has 0 aliphatic carbocycles. The van der Waals surface area contributed by atoms with Crippen molar-refractivity contribution in [3.63, 3.8) is 0 Å². The first-order chi connectivity index (χ1) is 9.41. The average molecular weight is 299 g/mol. The number of hydrogen-bond acceptors (Lipinski definition) is 3. The minimum atomic E-state index is -3.94. The minimum Gasteiger partial charge on any atom is -0.300 e. The molecule has 20 heavy (non-hydrogen) atoms. The van der Waals surface area contributed by atoms with Crippen LogP contribution in [0.4, 0.5) is 4.39 Å². The van der Waals surface area contributed by atoms with Gasteiger partial charge in [0.05, 0.1) is 4.90 Å². The molecule has 0 N–H and O–H groups in total. The van der Waals surface area contributed by atoms with Gasteiger partial charge in [-0.1, -0.05) is 37.6 Å². The summed E-state index contributed by atoms with van der Waals surface area (Å²) < 4.78 is 38.0. The van der Waals surface area contributed by atoms with Gasteiger partial charge >= 0.3 is 0 Å². The van der Waals surface area contributed by atoms with E-state index in [0.29, 0.717) is 6.54 Å². The lowest BCUT2D eigenvalue weighted by Gasteiger charge is -2.15. The van der Waals surface area contributed by atoms with E-state index in [1.165, 1.54) is 12.1 Å². The summed E-state index contributed by atoms with van der Waals surface area (Å²) in [6, 6.07) is 6.21. The van der Waals surface area contributed by atoms with Gasteiger partial charge in [0.25, 0.3) is 0 Å². The van der Waals surface area contributed by atoms with Crippen molar-refractivity contribution in [3.8, 4) is 0 Å². The highest BCUT2D eigenvalue weighted by Crippen LogP contribution is 2.18. The number of aryl methyl sites for hydroxylation is 1. The van der Waals surface area contributed by atoms with Gasteiger partial charge < -0.3 is 4.90 Å². The van der Waals surface area contributed by atoms with Crippen molar-refractivity contribution in [1.29, 1.82) is 0 Å². The summed E-state index contributed by atoms with van der Waals surface area (Å²) in [6.45, 7) is 8.12. The topological polar surface area (TPSA) is 37.4 Å². The molecule has 0 spiro atoms. The van der Waals surface area contributed by atoms with E-state index in [9.17, 15) is 12.8 Å². The summed E-state index contributed by atoms with van der Waals surface area (Å²) >= 11 is 0. The Bertz CT molecular complexity index is 533. The van der Waals surface area contributed by atoms with Gasteiger partial charge in [0.1, 0.15) is 0 Å². The van der Waals surface area contributed by atoms with Crippen molar-refractivity contribution >= 4 is 9.84 Å². The molecule has 1 rings (SSSR count). The lowest BCUT2D eigenvalue weighted by Crippen LogP contribution is -2.23. The summed E-state index contributed by atoms with van der Waals surface area (Å²) in [5.41, 5.74) is -1.06. The van der Waals surface area contributed by atoms with Crippen LogP contribution in [0.1, 0.15) is 19.4 Å². The summed E-state index contributed by atoms with van der Waals surface area (Å²) in [7, 11) is -3.94. The maximum atomic E-state index is 13.9. The zero-order valence-corrected chi connectivity index (χ0v) is 13.0. The Morgan fingerprint density at radius 3 is 2.25 bits per heavy atom. The molecule has 1 atom stereocenters. The number of benzene rings is 1. The first-order valence-electron chi connectivity index (χ1n) is 6.75. The molecule has 0 saturated carbocycles. The molecule has 0 bridgehead atoms. The van der Waals surface area contributed by atoms with Gasteiger partial charge in [-0.3, -0.25) is 0 Å². The third-order valence-corrected chi connectivity index (χ3v) is 4.87. The lowest BCUT2D eigenvalue weighted by atomic mass is 10.2. The Morgan fingerprint density at radius 2 is 1.75 bits per heavy atom. The van der Waals surface area contributed by atoms with Gasteiger partial charge in [-0.05, 0) is 38.2 Å². The molecular formula is C15H22FNO2S. The van der Waals surface area contributed by atoms with Crippen molar-refractivity contribution in [3.05, 3.63) is 42.0 Å². The van der Waals surface area contributed by atoms with Crippen LogP contribution in [0.25, 0.3) is 0 Å². The second-order valence-electron chi connectivity index (χ2n) is 4.62. The smallest absolute Gasteiger partial charge is 0.223 e. The third kappa shape index (κ3) is 4.42. The Morgan fingerprint density at radius 1 is 1.20 bits per heavy atom. The normalized spacial score (nSPS) is 14.1. The fourth-order valence-corrected chi connectivity index (χ4v) is 2.85. The number of sulfone groups is 1. The third-order valence-electron chi connectivity index (χ3n) is 3.19. The van der Waals surface area contributed by atoms with Crippen molar-refractivity contribution in [2.75, 3.05) is 19.6 Å². The minimum absolute atomic E-state index is 0.0167. The Labute approximate surface area is 121 Å². The Hall–Kier alpha value is -1.20. The van der Waals surface area contributed by atoms with Crippen LogP contribution in [0.3, 0.4) is 0 Å². The molecule has 3 nitrogen and oxygen atoms in total. The molecule has 1 unspecified atom stereocenters. The number of halogens is 1. The molecule has 0 aliphatic heterocycles. The second-order valence-corrected chi connectivity index (χ2v) is 6.63. The number of alkyl halides is 1. The zero-order chi connectivity index (χ0) is 15.2. The quantitative estimate of drug-likeness (QED) is 0.726. The summed E-state index contributed by atoms with van der Waals surface area (Å²) in [5.74, 6) is 0. The van der Waals surface area contributed by atoms with Crippen LogP contribution in [0.15, 0.2) is 41.3 Å². The molecule has 1 aromatic rings. The maximum Gasteiger partial charge on any atom is 0.223 e. The molecule has 0 saturated heterocycles. The molecule has 1 aromatic carbocycles. The van der Waals surface area contributed by atoms with Crippen LogP contribution >= 0.6 is 0 Å². The van der Waals surface area contributed by atoms with Crippen molar-refractivity contribution < 1.29 is 12.8 Å². The fraction of sp³-hybridized carbons (Fsp3) is 0.467. The summed E-state index contributed by atoms with van der Waals surface area (Å²) in [5, 5.41) is 0. The number of hydrogen-bond donors (Lipinski definition) is 0. The molecule has 0 heterocycles. The summed E-state index contributed by atoms with van der Waals surface area (Å²) in [6.07, 6.45) is 2.69. The predicted octanol–water partition coefficient (Wildman–Crippen LogP) is 2.96. The molecule has 5 heteroatoms. The predicted molar refractivity (Wildman–Crippen MR) is 80.2 cm³/mol. The van der Waals surface area contributed by atoms with Gasteiger partial charge in [0.15, 0.2) is 0 Å². The molecule has 0 aromatic heterocycles. The number of nitrogens with zero attached hydrogens (tertiary/aromatic N) is 1. The largest absolute Gasteiger partial charge is 0.300 e. The standard InChI is InChI=1S/C15H22FNO2S/c1-4-17(5-2)12-6-7-15(16)20(18,19)14-10-8-13(3)9-11-14/h6-11,15H,4-5,12H2,1-3H3/b7-6-. The highest BCUT2D eigenvalue weighted by Gasteiger charge is 2.24. The zero-order valence-electron chi connectivity index (χ0n) is 12.2. The molecule has 0 amide bonds. The first-order valence-corrected chi connectivity index (χ1v) is 8.30. The molecule has 112 valence electrons. The lowest BCUT2D eigenvalue weighted by molar-refractivity contribution is 0.336. The van der Waals surface area contributed by atoms with E-state index in [1.807, 2.05) is 20.8 Å². The van der Waals surface area contributed by atoms with E-state index >= 15 is 0 Å². The van der Waals surface area contributed by atoms with E-state index in [4.69, 9.17) is 0 Å². The molecular weight excluding hydrogens is 277 g/mol. The van der Waals surface area contributed by atoms with Crippen LogP contribution in [0.5, 0.6) is 0 Å². The van der Waals surface area contributed by atoms with Gasteiger partial charge in [-0.15, -0.1) is 0 Å². The average Bonchev–Trinajstić information content (AvgIpc) is 2.43. The van der Waals surface area contributed by atoms with E-state index in [0.717, 1.165) is 24.7 Å². The van der Waals surface area contributed by atoms with Crippen LogP contribution in [-0.2, 0) is 9.84 Å². The van der Waals surface area contributed by atoms with Crippen LogP contribution < -0.4 is 0 Å². The molecule has 0 aliphatic rings. The number of likely N-dealkylation sites (N-methyl/N-ethyl adjacent to an activating group) is 1. The second kappa shape index (κ2) is 7.55. The SMILES string of the molecule is CCN(CC)C/C=C\C(F)S(=O)(=O)c1ccc(C)cc1. The monoisotopic (exact) mass is 299 g/mol. The summed E-state index contributed by atoms with van der Waals surface area (Å²) in [4.78, 5) is 2.09. The maximum absolute atomic E-state index is 13.9. The highest BCUT2D eigenvalue weighted by molar-refractivity contribution is 7.92. The first kappa shape index (κ1) is 16.9. The fourth-order valence-electron chi connectivity index (χ4n) is 1.76. The van der Waals surface area contributed by atoms with Crippen molar-refractivity contribution in [1.82, 2.24) is 4.90 Å². The van der Waals surface area contributed by atoms with Crippen LogP contribution in [-0.4, -0.2) is 38.5 Å². The molecule has 0 radical (unpaired) electrons. The Kier molecular flexibility index (Phi) is 6.36. The van der Waals surface area contributed by atoms with E-state index < -0.39 is 15.3 Å². The van der Waals surface area contributed by atoms with Crippen molar-refractivity contribution in [2.24, 2.45) is 0 Å². The number of rotatable bonds is 7. The van der Waals surface area contributed by atoms with Crippen LogP contribution in [0, 0.1) is 6.92 Å². The van der Waals surface area contributed by atoms with E-state index in [-0.39, 0.29) is 4.90 Å². The van der Waals surface area contributed by atoms with Crippen molar-refractivity contribution in [2.45, 2.75) is 31.2 Å². The van der Waals surface area contributed by atoms with Gasteiger partial charge in [0.2, 0.25) is 15.3 Å². The molecule has 0 fully saturated rings. The van der Waals surface area contributed by atoms with Gasteiger partial charge in [-0.2, -0.15) is 0 Å². The van der Waals surface area contributed by atoms with E-state index in [2.05, 4.69) is 4.90 Å². The van der Waals surface area contributed by atoms with E-state index in [1.54, 1.807) is 18.2 Å². The van der Waals surface area contributed by atoms with Gasteiger partial charge in [-0.25, -0.2) is 12.8 Å². The Balaban J connectivity index is 2.77. The van der Waals surface area contributed by atoms with Gasteiger partial charge in [0, 0.05) is 6.54 Å². The highest BCUT2D eigenvalue weighted by atomic mass is 32.2.